The Bertz CT molecular complexity index is 591. The van der Waals surface area contributed by atoms with E-state index in [2.05, 4.69) is 9.97 Å². The quantitative estimate of drug-likeness (QED) is 0.753. The number of hydrogen-bond acceptors (Lipinski definition) is 2. The molecule has 0 spiro atoms. The van der Waals surface area contributed by atoms with Gasteiger partial charge in [0.1, 0.15) is 10.7 Å². The van der Waals surface area contributed by atoms with Gasteiger partial charge >= 0.3 is 0 Å². The molecule has 2 N–H and O–H groups in total. The van der Waals surface area contributed by atoms with Gasteiger partial charge in [-0.15, -0.1) is 0 Å². The summed E-state index contributed by atoms with van der Waals surface area (Å²) in [7, 11) is 0. The molecule has 86 valence electrons. The van der Waals surface area contributed by atoms with Crippen LogP contribution in [0.1, 0.15) is 26.7 Å². The van der Waals surface area contributed by atoms with E-state index in [9.17, 15) is 9.59 Å². The summed E-state index contributed by atoms with van der Waals surface area (Å²) in [6, 6.07) is 0. The second kappa shape index (κ2) is 5.90. The van der Waals surface area contributed by atoms with E-state index in [1.54, 1.807) is 24.3 Å². The van der Waals surface area contributed by atoms with Gasteiger partial charge in [-0.1, -0.05) is 31.6 Å². The van der Waals surface area contributed by atoms with Crippen LogP contribution >= 0.6 is 0 Å². The molecule has 0 aliphatic heterocycles. The number of rotatable bonds is 3. The third-order valence-corrected chi connectivity index (χ3v) is 2.08. The highest BCUT2D eigenvalue weighted by molar-refractivity contribution is 5.32. The maximum Gasteiger partial charge on any atom is 0.272 e. The minimum atomic E-state index is -0.278. The van der Waals surface area contributed by atoms with Crippen molar-refractivity contribution in [1.82, 2.24) is 9.97 Å². The molecule has 0 amide bonds. The first-order chi connectivity index (χ1) is 7.69. The Labute approximate surface area is 93.0 Å². The molecule has 16 heavy (non-hydrogen) atoms. The topological polar surface area (TPSA) is 65.7 Å². The van der Waals surface area contributed by atoms with Crippen LogP contribution in [0.15, 0.2) is 21.7 Å². The average molecular weight is 220 g/mol. The fourth-order valence-electron chi connectivity index (χ4n) is 1.24. The zero-order chi connectivity index (χ0) is 12.0. The van der Waals surface area contributed by atoms with Gasteiger partial charge in [-0.2, -0.15) is 0 Å². The van der Waals surface area contributed by atoms with Crippen LogP contribution in [-0.2, 0) is 0 Å². The first-order valence-electron chi connectivity index (χ1n) is 5.34. The number of hydrogen-bond donors (Lipinski definition) is 2. The van der Waals surface area contributed by atoms with Gasteiger partial charge < -0.3 is 9.97 Å². The molecule has 0 radical (unpaired) electrons. The van der Waals surface area contributed by atoms with Crippen molar-refractivity contribution in [2.75, 3.05) is 0 Å². The van der Waals surface area contributed by atoms with Crippen molar-refractivity contribution >= 4 is 12.2 Å². The van der Waals surface area contributed by atoms with Gasteiger partial charge in [-0.3, -0.25) is 9.59 Å². The summed E-state index contributed by atoms with van der Waals surface area (Å²) in [5.41, 5.74) is -0.538. The first-order valence-corrected chi connectivity index (χ1v) is 5.34. The second-order valence-corrected chi connectivity index (χ2v) is 3.42. The van der Waals surface area contributed by atoms with Crippen molar-refractivity contribution in [3.8, 4) is 0 Å². The predicted octanol–water partition coefficient (Wildman–Crippen LogP) is 0.000400. The highest BCUT2D eigenvalue weighted by atomic mass is 16.1. The number of aromatic nitrogens is 2. The zero-order valence-electron chi connectivity index (χ0n) is 9.54. The Hall–Kier alpha value is -1.84. The van der Waals surface area contributed by atoms with Crippen LogP contribution in [0.2, 0.25) is 0 Å². The smallest absolute Gasteiger partial charge is 0.272 e. The van der Waals surface area contributed by atoms with Gasteiger partial charge in [0.15, 0.2) is 0 Å². The minimum absolute atomic E-state index is 0.260. The molecule has 0 aliphatic rings. The Kier molecular flexibility index (Phi) is 4.51. The van der Waals surface area contributed by atoms with Crippen LogP contribution < -0.4 is 21.8 Å². The van der Waals surface area contributed by atoms with Crippen molar-refractivity contribution in [1.29, 1.82) is 0 Å². The van der Waals surface area contributed by atoms with Crippen LogP contribution in [0.3, 0.4) is 0 Å². The Morgan fingerprint density at radius 1 is 1.12 bits per heavy atom. The van der Waals surface area contributed by atoms with E-state index in [0.717, 1.165) is 12.8 Å². The van der Waals surface area contributed by atoms with Gasteiger partial charge in [0.05, 0.1) is 0 Å². The largest absolute Gasteiger partial charge is 0.316 e. The van der Waals surface area contributed by atoms with Gasteiger partial charge in [0.2, 0.25) is 0 Å². The van der Waals surface area contributed by atoms with Crippen LogP contribution in [0.4, 0.5) is 0 Å². The van der Waals surface area contributed by atoms with Gasteiger partial charge in [-0.25, -0.2) is 0 Å². The summed E-state index contributed by atoms with van der Waals surface area (Å²) in [5.74, 6) is 0. The van der Waals surface area contributed by atoms with Crippen molar-refractivity contribution in [2.45, 2.75) is 26.7 Å². The third-order valence-electron chi connectivity index (χ3n) is 2.08. The highest BCUT2D eigenvalue weighted by Gasteiger charge is 1.92. The van der Waals surface area contributed by atoms with Crippen molar-refractivity contribution in [2.24, 2.45) is 0 Å². The lowest BCUT2D eigenvalue weighted by Crippen LogP contribution is -2.46. The van der Waals surface area contributed by atoms with E-state index in [0.29, 0.717) is 5.35 Å². The molecule has 0 atom stereocenters. The lowest BCUT2D eigenvalue weighted by atomic mass is 10.3. The van der Waals surface area contributed by atoms with Crippen LogP contribution in [0.25, 0.3) is 12.2 Å². The molecule has 0 fully saturated rings. The van der Waals surface area contributed by atoms with Crippen molar-refractivity contribution < 1.29 is 0 Å². The molecule has 0 bridgehead atoms. The first kappa shape index (κ1) is 12.2. The SMILES string of the molecule is CC=CC=c1[nH]c(=O)c(=CCCC)[nH]c1=O. The maximum atomic E-state index is 11.6. The average Bonchev–Trinajstić information content (AvgIpc) is 2.28. The fraction of sp³-hybridized carbons (Fsp3) is 0.333. The summed E-state index contributed by atoms with van der Waals surface area (Å²) in [4.78, 5) is 28.2. The number of aromatic amines is 2. The van der Waals surface area contributed by atoms with Crippen LogP contribution in [0.5, 0.6) is 0 Å². The molecule has 0 aromatic carbocycles. The molecular formula is C12H16N2O2. The number of unbranched alkanes of at least 4 members (excludes halogenated alkanes) is 1. The third kappa shape index (κ3) is 3.08. The normalized spacial score (nSPS) is 13.9. The number of H-pyrrole nitrogens is 2. The molecule has 1 rings (SSSR count). The Morgan fingerprint density at radius 3 is 2.38 bits per heavy atom. The molecule has 0 saturated carbocycles. The van der Waals surface area contributed by atoms with Gasteiger partial charge in [-0.05, 0) is 19.4 Å². The number of allylic oxidation sites excluding steroid dienone is 2. The van der Waals surface area contributed by atoms with Gasteiger partial charge in [0.25, 0.3) is 11.1 Å². The molecular weight excluding hydrogens is 204 g/mol. The zero-order valence-corrected chi connectivity index (χ0v) is 9.54. The molecule has 1 aromatic heterocycles. The minimum Gasteiger partial charge on any atom is -0.316 e. The standard InChI is InChI=1S/C12H16N2O2/c1-3-5-7-9-11(15)14-10(8-6-4-2)12(16)13-9/h3,5,7-8H,4,6H2,1-2H3,(H,13,16)(H,14,15). The predicted molar refractivity (Wildman–Crippen MR) is 65.6 cm³/mol. The van der Waals surface area contributed by atoms with E-state index < -0.39 is 0 Å². The van der Waals surface area contributed by atoms with Crippen molar-refractivity contribution in [3.63, 3.8) is 0 Å². The van der Waals surface area contributed by atoms with E-state index in [1.807, 2.05) is 13.8 Å². The summed E-state index contributed by atoms with van der Waals surface area (Å²) in [5, 5.41) is 0.612. The number of nitrogens with one attached hydrogen (secondary N) is 2. The molecule has 4 heteroatoms. The summed E-state index contributed by atoms with van der Waals surface area (Å²) in [6.45, 7) is 3.85. The monoisotopic (exact) mass is 220 g/mol. The molecule has 0 saturated heterocycles. The summed E-state index contributed by atoms with van der Waals surface area (Å²) >= 11 is 0. The Balaban J connectivity index is 3.40. The lowest BCUT2D eigenvalue weighted by molar-refractivity contribution is 0.958. The van der Waals surface area contributed by atoms with Crippen LogP contribution in [-0.4, -0.2) is 9.97 Å². The lowest BCUT2D eigenvalue weighted by Gasteiger charge is -1.89. The molecule has 1 aromatic rings. The molecule has 4 nitrogen and oxygen atoms in total. The summed E-state index contributed by atoms with van der Waals surface area (Å²) in [6.07, 6.45) is 8.51. The van der Waals surface area contributed by atoms with E-state index >= 15 is 0 Å². The molecule has 1 heterocycles. The second-order valence-electron chi connectivity index (χ2n) is 3.42. The van der Waals surface area contributed by atoms with E-state index in [4.69, 9.17) is 0 Å². The van der Waals surface area contributed by atoms with Gasteiger partial charge in [0, 0.05) is 0 Å². The van der Waals surface area contributed by atoms with E-state index in [-0.39, 0.29) is 16.5 Å². The molecule has 0 unspecified atom stereocenters. The van der Waals surface area contributed by atoms with Crippen LogP contribution in [0, 0.1) is 0 Å². The van der Waals surface area contributed by atoms with Crippen molar-refractivity contribution in [3.05, 3.63) is 43.6 Å². The summed E-state index contributed by atoms with van der Waals surface area (Å²) < 4.78 is 0. The maximum absolute atomic E-state index is 11.6. The highest BCUT2D eigenvalue weighted by Crippen LogP contribution is 1.83. The molecule has 0 aliphatic carbocycles. The Morgan fingerprint density at radius 2 is 1.75 bits per heavy atom. The fourth-order valence-corrected chi connectivity index (χ4v) is 1.24. The van der Waals surface area contributed by atoms with E-state index in [1.165, 1.54) is 0 Å².